The van der Waals surface area contributed by atoms with Gasteiger partial charge in [-0.3, -0.25) is 0 Å². The molecule has 0 unspecified atom stereocenters. The molecule has 0 fully saturated rings. The molecular weight excluding hydrogens is 180 g/mol. The lowest BCUT2D eigenvalue weighted by molar-refractivity contribution is 0.0335. The van der Waals surface area contributed by atoms with Crippen LogP contribution in [0.2, 0.25) is 0 Å². The van der Waals surface area contributed by atoms with E-state index in [1.165, 1.54) is 0 Å². The van der Waals surface area contributed by atoms with Gasteiger partial charge in [0.05, 0.1) is 12.2 Å². The van der Waals surface area contributed by atoms with Crippen molar-refractivity contribution in [2.45, 2.75) is 6.92 Å². The van der Waals surface area contributed by atoms with Crippen molar-refractivity contribution in [3.05, 3.63) is 35.9 Å². The minimum absolute atomic E-state index is 0.297. The maximum absolute atomic E-state index is 11.3. The lowest BCUT2D eigenvalue weighted by Gasteiger charge is -2.04. The van der Waals surface area contributed by atoms with Gasteiger partial charge in [0.1, 0.15) is 6.61 Å². The zero-order valence-electron chi connectivity index (χ0n) is 8.16. The summed E-state index contributed by atoms with van der Waals surface area (Å²) < 4.78 is 9.99. The molecule has 1 aromatic rings. The molecule has 0 bridgehead atoms. The lowest BCUT2D eigenvalue weighted by Crippen LogP contribution is -2.10. The number of carbonyl (C=O) groups excluding carboxylic acids is 1. The predicted octanol–water partition coefficient (Wildman–Crippen LogP) is 1.68. The number of hydrogen-bond donors (Lipinski definition) is 0. The first-order valence-corrected chi connectivity index (χ1v) is 4.55. The molecule has 0 aliphatic carbocycles. The van der Waals surface area contributed by atoms with E-state index in [9.17, 15) is 4.79 Å². The molecule has 0 saturated carbocycles. The van der Waals surface area contributed by atoms with E-state index in [0.717, 1.165) is 0 Å². The molecule has 0 aliphatic heterocycles. The van der Waals surface area contributed by atoms with Crippen molar-refractivity contribution in [3.63, 3.8) is 0 Å². The highest BCUT2D eigenvalue weighted by Gasteiger charge is 2.04. The molecule has 0 N–H and O–H groups in total. The van der Waals surface area contributed by atoms with Gasteiger partial charge in [-0.15, -0.1) is 0 Å². The second kappa shape index (κ2) is 6.16. The highest BCUT2D eigenvalue weighted by molar-refractivity contribution is 5.89. The number of ether oxygens (including phenoxy) is 2. The summed E-state index contributed by atoms with van der Waals surface area (Å²) in [6, 6.07) is 9.53. The third kappa shape index (κ3) is 3.58. The van der Waals surface area contributed by atoms with Gasteiger partial charge in [-0.2, -0.15) is 0 Å². The van der Waals surface area contributed by atoms with Gasteiger partial charge < -0.3 is 9.47 Å². The van der Waals surface area contributed by atoms with Gasteiger partial charge in [-0.25, -0.2) is 4.79 Å². The Bertz CT molecular complexity index is 269. The van der Waals surface area contributed by atoms with Crippen LogP contribution in [-0.2, 0) is 9.47 Å². The van der Waals surface area contributed by atoms with E-state index < -0.39 is 0 Å². The standard InChI is InChI=1S/C11H13O3/c1-2-13-8-9-14-11(12)10-6-4-3-5-7-10/h4-7H,2,8-9H2,1H3. The summed E-state index contributed by atoms with van der Waals surface area (Å²) in [5, 5.41) is 0. The minimum atomic E-state index is -0.321. The van der Waals surface area contributed by atoms with Gasteiger partial charge in [0, 0.05) is 6.61 Å². The topological polar surface area (TPSA) is 35.5 Å². The van der Waals surface area contributed by atoms with Gasteiger partial charge in [-0.05, 0) is 25.1 Å². The molecule has 1 radical (unpaired) electrons. The van der Waals surface area contributed by atoms with Crippen molar-refractivity contribution in [2.75, 3.05) is 19.8 Å². The monoisotopic (exact) mass is 193 g/mol. The first-order valence-electron chi connectivity index (χ1n) is 4.55. The fourth-order valence-electron chi connectivity index (χ4n) is 0.944. The quantitative estimate of drug-likeness (QED) is 0.527. The summed E-state index contributed by atoms with van der Waals surface area (Å²) in [4.78, 5) is 11.3. The van der Waals surface area contributed by atoms with Crippen molar-refractivity contribution in [1.82, 2.24) is 0 Å². The molecule has 14 heavy (non-hydrogen) atoms. The van der Waals surface area contributed by atoms with Crippen molar-refractivity contribution in [2.24, 2.45) is 0 Å². The summed E-state index contributed by atoms with van der Waals surface area (Å²) in [6.07, 6.45) is 0. The molecule has 0 saturated heterocycles. The van der Waals surface area contributed by atoms with Crippen LogP contribution in [0.25, 0.3) is 0 Å². The fraction of sp³-hybridized carbons (Fsp3) is 0.364. The predicted molar refractivity (Wildman–Crippen MR) is 52.1 cm³/mol. The maximum Gasteiger partial charge on any atom is 0.338 e. The molecule has 0 aromatic heterocycles. The van der Waals surface area contributed by atoms with Crippen molar-refractivity contribution >= 4 is 5.97 Å². The van der Waals surface area contributed by atoms with Gasteiger partial charge in [0.25, 0.3) is 0 Å². The first-order chi connectivity index (χ1) is 6.84. The average molecular weight is 193 g/mol. The Morgan fingerprint density at radius 1 is 1.36 bits per heavy atom. The summed E-state index contributed by atoms with van der Waals surface area (Å²) in [5.74, 6) is -0.321. The third-order valence-electron chi connectivity index (χ3n) is 1.62. The normalized spacial score (nSPS) is 9.79. The number of benzene rings is 1. The van der Waals surface area contributed by atoms with Crippen molar-refractivity contribution < 1.29 is 14.3 Å². The Balaban J connectivity index is 2.29. The summed E-state index contributed by atoms with van der Waals surface area (Å²) in [7, 11) is 0. The Kier molecular flexibility index (Phi) is 4.72. The second-order valence-corrected chi connectivity index (χ2v) is 2.62. The number of rotatable bonds is 5. The zero-order valence-corrected chi connectivity index (χ0v) is 8.16. The van der Waals surface area contributed by atoms with E-state index in [-0.39, 0.29) is 5.97 Å². The molecule has 0 atom stereocenters. The van der Waals surface area contributed by atoms with Crippen LogP contribution in [-0.4, -0.2) is 25.8 Å². The SMILES string of the molecule is CCOCCOC(=O)c1cc[c]cc1. The van der Waals surface area contributed by atoms with E-state index in [4.69, 9.17) is 9.47 Å². The van der Waals surface area contributed by atoms with Crippen LogP contribution >= 0.6 is 0 Å². The van der Waals surface area contributed by atoms with Crippen LogP contribution in [0.3, 0.4) is 0 Å². The Morgan fingerprint density at radius 2 is 2.07 bits per heavy atom. The second-order valence-electron chi connectivity index (χ2n) is 2.62. The van der Waals surface area contributed by atoms with Crippen LogP contribution < -0.4 is 0 Å². The molecule has 1 aromatic carbocycles. The molecule has 0 aliphatic rings. The largest absolute Gasteiger partial charge is 0.460 e. The third-order valence-corrected chi connectivity index (χ3v) is 1.62. The van der Waals surface area contributed by atoms with Crippen LogP contribution in [0.4, 0.5) is 0 Å². The van der Waals surface area contributed by atoms with Crippen LogP contribution in [0.1, 0.15) is 17.3 Å². The highest BCUT2D eigenvalue weighted by Crippen LogP contribution is 2.00. The highest BCUT2D eigenvalue weighted by atomic mass is 16.6. The van der Waals surface area contributed by atoms with Gasteiger partial charge >= 0.3 is 5.97 Å². The summed E-state index contributed by atoms with van der Waals surface area (Å²) >= 11 is 0. The van der Waals surface area contributed by atoms with Crippen LogP contribution in [0.5, 0.6) is 0 Å². The van der Waals surface area contributed by atoms with Crippen LogP contribution in [0, 0.1) is 6.07 Å². The van der Waals surface area contributed by atoms with Crippen molar-refractivity contribution in [3.8, 4) is 0 Å². The molecule has 0 spiro atoms. The molecule has 1 rings (SSSR count). The molecule has 3 nitrogen and oxygen atoms in total. The number of hydrogen-bond acceptors (Lipinski definition) is 3. The van der Waals surface area contributed by atoms with E-state index in [0.29, 0.717) is 25.4 Å². The molecule has 0 heterocycles. The Morgan fingerprint density at radius 3 is 2.71 bits per heavy atom. The minimum Gasteiger partial charge on any atom is -0.460 e. The van der Waals surface area contributed by atoms with E-state index in [1.807, 2.05) is 6.92 Å². The van der Waals surface area contributed by atoms with Gasteiger partial charge in [0.2, 0.25) is 0 Å². The molecule has 75 valence electrons. The average Bonchev–Trinajstić information content (AvgIpc) is 2.25. The maximum atomic E-state index is 11.3. The Hall–Kier alpha value is -1.35. The molecule has 3 heteroatoms. The molecule has 0 amide bonds. The van der Waals surface area contributed by atoms with Gasteiger partial charge in [-0.1, -0.05) is 12.1 Å². The van der Waals surface area contributed by atoms with Crippen molar-refractivity contribution in [1.29, 1.82) is 0 Å². The summed E-state index contributed by atoms with van der Waals surface area (Å²) in [5.41, 5.74) is 0.542. The fourth-order valence-corrected chi connectivity index (χ4v) is 0.944. The number of esters is 1. The smallest absolute Gasteiger partial charge is 0.338 e. The zero-order chi connectivity index (χ0) is 10.2. The molecular formula is C11H13O3. The van der Waals surface area contributed by atoms with E-state index >= 15 is 0 Å². The lowest BCUT2D eigenvalue weighted by atomic mass is 10.2. The van der Waals surface area contributed by atoms with E-state index in [2.05, 4.69) is 6.07 Å². The number of carbonyl (C=O) groups is 1. The van der Waals surface area contributed by atoms with E-state index in [1.54, 1.807) is 24.3 Å². The van der Waals surface area contributed by atoms with Crippen LogP contribution in [0.15, 0.2) is 24.3 Å². The van der Waals surface area contributed by atoms with Gasteiger partial charge in [0.15, 0.2) is 0 Å². The Labute approximate surface area is 83.6 Å². The summed E-state index contributed by atoms with van der Waals surface area (Å²) in [6.45, 7) is 3.28. The first kappa shape index (κ1) is 10.7.